The van der Waals surface area contributed by atoms with Gasteiger partial charge < -0.3 is 9.80 Å². The maximum Gasteiger partial charge on any atom is 0.328 e. The van der Waals surface area contributed by atoms with Crippen LogP contribution in [0.3, 0.4) is 0 Å². The first-order chi connectivity index (χ1) is 13.1. The van der Waals surface area contributed by atoms with E-state index in [9.17, 15) is 14.4 Å². The molecule has 0 radical (unpaired) electrons. The number of hydrogen-bond donors (Lipinski definition) is 0. The van der Waals surface area contributed by atoms with Crippen molar-refractivity contribution in [3.05, 3.63) is 12.4 Å². The molecule has 1 saturated carbocycles. The lowest BCUT2D eigenvalue weighted by Crippen LogP contribution is -2.55. The monoisotopic (exact) mass is 371 g/mol. The summed E-state index contributed by atoms with van der Waals surface area (Å²) in [5, 5.41) is 4.14. The van der Waals surface area contributed by atoms with Crippen molar-refractivity contribution in [1.82, 2.24) is 19.6 Å². The minimum absolute atomic E-state index is 0.166. The molecule has 0 spiro atoms. The Bertz CT molecular complexity index is 805. The lowest BCUT2D eigenvalue weighted by atomic mass is 9.84. The minimum atomic E-state index is -0.688. The van der Waals surface area contributed by atoms with E-state index in [4.69, 9.17) is 0 Å². The van der Waals surface area contributed by atoms with E-state index in [2.05, 4.69) is 5.10 Å². The maximum absolute atomic E-state index is 13.2. The second kappa shape index (κ2) is 6.07. The Morgan fingerprint density at radius 3 is 2.59 bits per heavy atom. The molecule has 1 aromatic rings. The molecule has 0 aromatic carbocycles. The van der Waals surface area contributed by atoms with Crippen LogP contribution in [0.4, 0.5) is 10.5 Å². The van der Waals surface area contributed by atoms with Gasteiger partial charge in [-0.25, -0.2) is 9.69 Å². The Morgan fingerprint density at radius 2 is 1.81 bits per heavy atom. The zero-order chi connectivity index (χ0) is 18.7. The highest BCUT2D eigenvalue weighted by Gasteiger charge is 2.58. The highest BCUT2D eigenvalue weighted by atomic mass is 16.2. The van der Waals surface area contributed by atoms with E-state index in [1.807, 2.05) is 4.90 Å². The third kappa shape index (κ3) is 2.41. The molecule has 0 N–H and O–H groups in total. The number of carbonyl (C=O) groups is 3. The normalized spacial score (nSPS) is 33.7. The molecule has 5 rings (SSSR count). The largest absolute Gasteiger partial charge is 0.328 e. The molecule has 0 bridgehead atoms. The van der Waals surface area contributed by atoms with Crippen molar-refractivity contribution in [1.29, 1.82) is 0 Å². The number of hydrogen-bond acceptors (Lipinski definition) is 4. The number of urea groups is 1. The lowest BCUT2D eigenvalue weighted by Gasteiger charge is -2.36. The average molecular weight is 371 g/mol. The number of carbonyl (C=O) groups excluding carboxylic acids is 3. The van der Waals surface area contributed by atoms with Crippen molar-refractivity contribution in [2.24, 2.45) is 13.0 Å². The van der Waals surface area contributed by atoms with Gasteiger partial charge in [-0.1, -0.05) is 12.8 Å². The number of nitrogens with zero attached hydrogens (tertiary/aromatic N) is 5. The van der Waals surface area contributed by atoms with Crippen LogP contribution in [0.2, 0.25) is 0 Å². The van der Waals surface area contributed by atoms with Crippen molar-refractivity contribution in [2.75, 3.05) is 11.4 Å². The first-order valence-corrected chi connectivity index (χ1v) is 10.0. The van der Waals surface area contributed by atoms with E-state index in [-0.39, 0.29) is 29.9 Å². The molecule has 4 fully saturated rings. The molecule has 8 nitrogen and oxygen atoms in total. The number of aromatic nitrogens is 2. The molecule has 144 valence electrons. The maximum atomic E-state index is 13.2. The topological polar surface area (TPSA) is 78.8 Å². The van der Waals surface area contributed by atoms with E-state index in [0.29, 0.717) is 18.9 Å². The molecule has 1 aromatic heterocycles. The Labute approximate surface area is 158 Å². The van der Waals surface area contributed by atoms with Crippen LogP contribution in [0, 0.1) is 5.92 Å². The number of amides is 4. The van der Waals surface area contributed by atoms with Gasteiger partial charge in [-0.3, -0.25) is 14.3 Å². The van der Waals surface area contributed by atoms with Crippen LogP contribution in [0.1, 0.15) is 44.9 Å². The number of piperidine rings is 1. The number of aryl methyl sites for hydroxylation is 1. The summed E-state index contributed by atoms with van der Waals surface area (Å²) < 4.78 is 1.65. The Balaban J connectivity index is 1.40. The van der Waals surface area contributed by atoms with Gasteiger partial charge in [0.15, 0.2) is 0 Å². The summed E-state index contributed by atoms with van der Waals surface area (Å²) in [4.78, 5) is 44.2. The molecule has 4 atom stereocenters. The fraction of sp³-hybridized carbons (Fsp3) is 0.684. The van der Waals surface area contributed by atoms with E-state index in [1.165, 1.54) is 11.3 Å². The predicted octanol–water partition coefficient (Wildman–Crippen LogP) is 1.51. The Kier molecular flexibility index (Phi) is 3.77. The highest BCUT2D eigenvalue weighted by Crippen LogP contribution is 2.44. The van der Waals surface area contributed by atoms with Gasteiger partial charge in [0.1, 0.15) is 12.1 Å². The van der Waals surface area contributed by atoms with Gasteiger partial charge in [0.2, 0.25) is 5.91 Å². The van der Waals surface area contributed by atoms with Gasteiger partial charge in [0, 0.05) is 25.8 Å². The molecule has 3 saturated heterocycles. The molecule has 4 aliphatic rings. The van der Waals surface area contributed by atoms with Gasteiger partial charge in [0.05, 0.1) is 11.9 Å². The van der Waals surface area contributed by atoms with Crippen LogP contribution in [0.15, 0.2) is 12.4 Å². The van der Waals surface area contributed by atoms with Crippen LogP contribution in [0.25, 0.3) is 0 Å². The van der Waals surface area contributed by atoms with E-state index < -0.39 is 6.04 Å². The molecule has 1 aliphatic carbocycles. The number of imide groups is 1. The second-order valence-corrected chi connectivity index (χ2v) is 8.28. The first kappa shape index (κ1) is 16.8. The molecule has 4 unspecified atom stereocenters. The third-order valence-electron chi connectivity index (χ3n) is 6.76. The summed E-state index contributed by atoms with van der Waals surface area (Å²) in [6.07, 6.45) is 9.90. The molecule has 4 amide bonds. The van der Waals surface area contributed by atoms with Gasteiger partial charge in [-0.15, -0.1) is 0 Å². The fourth-order valence-corrected chi connectivity index (χ4v) is 5.52. The summed E-state index contributed by atoms with van der Waals surface area (Å²) in [6.45, 7) is 0.592. The Hall–Kier alpha value is -2.38. The number of rotatable bonds is 2. The van der Waals surface area contributed by atoms with Crippen molar-refractivity contribution >= 4 is 23.5 Å². The van der Waals surface area contributed by atoms with Gasteiger partial charge in [0.25, 0.3) is 5.91 Å². The van der Waals surface area contributed by atoms with Crippen molar-refractivity contribution in [3.8, 4) is 0 Å². The number of anilines is 1. The van der Waals surface area contributed by atoms with E-state index in [1.54, 1.807) is 29.0 Å². The van der Waals surface area contributed by atoms with Crippen molar-refractivity contribution in [3.63, 3.8) is 0 Å². The summed E-state index contributed by atoms with van der Waals surface area (Å²) in [7, 11) is 1.80. The van der Waals surface area contributed by atoms with Crippen LogP contribution < -0.4 is 4.90 Å². The molecule has 4 heterocycles. The highest BCUT2D eigenvalue weighted by molar-refractivity contribution is 6.10. The molecular formula is C19H25N5O3. The minimum Gasteiger partial charge on any atom is -0.309 e. The summed E-state index contributed by atoms with van der Waals surface area (Å²) in [5.41, 5.74) is 0.721. The fourth-order valence-electron chi connectivity index (χ4n) is 5.52. The van der Waals surface area contributed by atoms with E-state index in [0.717, 1.165) is 37.8 Å². The molecule has 27 heavy (non-hydrogen) atoms. The van der Waals surface area contributed by atoms with Crippen LogP contribution in [-0.2, 0) is 16.6 Å². The molecule has 8 heteroatoms. The van der Waals surface area contributed by atoms with Crippen LogP contribution >= 0.6 is 0 Å². The second-order valence-electron chi connectivity index (χ2n) is 8.28. The Morgan fingerprint density at radius 1 is 1.00 bits per heavy atom. The van der Waals surface area contributed by atoms with Crippen molar-refractivity contribution < 1.29 is 14.4 Å². The predicted molar refractivity (Wildman–Crippen MR) is 96.8 cm³/mol. The van der Waals surface area contributed by atoms with Gasteiger partial charge >= 0.3 is 6.03 Å². The molecular weight excluding hydrogens is 346 g/mol. The lowest BCUT2D eigenvalue weighted by molar-refractivity contribution is -0.136. The summed E-state index contributed by atoms with van der Waals surface area (Å²) in [6, 6.07) is -1.11. The zero-order valence-corrected chi connectivity index (χ0v) is 15.6. The first-order valence-electron chi connectivity index (χ1n) is 10.0. The quantitative estimate of drug-likeness (QED) is 0.738. The summed E-state index contributed by atoms with van der Waals surface area (Å²) in [5.74, 6) is 0.117. The van der Waals surface area contributed by atoms with Gasteiger partial charge in [-0.2, -0.15) is 5.10 Å². The summed E-state index contributed by atoms with van der Waals surface area (Å²) >= 11 is 0. The average Bonchev–Trinajstić information content (AvgIpc) is 3.32. The standard InChI is InChI=1S/C19H25N5O3/c1-21-11-13(10-20-21)22-8-4-7-15(17(22)25)24-18(26)16-9-12-5-2-3-6-14(12)23(16)19(24)27/h10-12,14-16H,2-9H2,1H3. The van der Waals surface area contributed by atoms with Gasteiger partial charge in [-0.05, 0) is 38.0 Å². The number of fused-ring (bicyclic) bond motifs is 3. The smallest absolute Gasteiger partial charge is 0.309 e. The molecule has 3 aliphatic heterocycles. The van der Waals surface area contributed by atoms with Crippen molar-refractivity contribution in [2.45, 2.75) is 63.1 Å². The van der Waals surface area contributed by atoms with Crippen LogP contribution in [-0.4, -0.2) is 62.1 Å². The van der Waals surface area contributed by atoms with Crippen LogP contribution in [0.5, 0.6) is 0 Å². The third-order valence-corrected chi connectivity index (χ3v) is 6.76. The zero-order valence-electron chi connectivity index (χ0n) is 15.6. The SMILES string of the molecule is Cn1cc(N2CCCC(N3C(=O)C4CC5CCCCC5N4C3=O)C2=O)cn1. The van der Waals surface area contributed by atoms with E-state index >= 15 is 0 Å².